The predicted octanol–water partition coefficient (Wildman–Crippen LogP) is 1.78. The largest absolute Gasteiger partial charge is 0.466 e. The predicted molar refractivity (Wildman–Crippen MR) is 114 cm³/mol. The molecule has 0 aliphatic carbocycles. The zero-order valence-corrected chi connectivity index (χ0v) is 19.3. The van der Waals surface area contributed by atoms with E-state index in [2.05, 4.69) is 12.2 Å². The lowest BCUT2D eigenvalue weighted by Crippen LogP contribution is -2.56. The molecule has 2 bridgehead atoms. The first-order valence-electron chi connectivity index (χ1n) is 11.9. The lowest BCUT2D eigenvalue weighted by Gasteiger charge is -2.34. The average molecular weight is 439 g/mol. The molecule has 3 fully saturated rings. The van der Waals surface area contributed by atoms with Crippen LogP contribution in [-0.4, -0.2) is 70.8 Å². The molecule has 8 nitrogen and oxygen atoms in total. The van der Waals surface area contributed by atoms with E-state index in [0.29, 0.717) is 38.6 Å². The Morgan fingerprint density at radius 3 is 2.65 bits per heavy atom. The molecule has 8 heteroatoms. The van der Waals surface area contributed by atoms with Gasteiger partial charge in [0, 0.05) is 19.2 Å². The summed E-state index contributed by atoms with van der Waals surface area (Å²) in [5, 5.41) is 12.3. The molecule has 176 valence electrons. The summed E-state index contributed by atoms with van der Waals surface area (Å²) in [4.78, 5) is 41.7. The summed E-state index contributed by atoms with van der Waals surface area (Å²) in [5.41, 5.74) is -1.75. The van der Waals surface area contributed by atoms with Gasteiger partial charge in [0.2, 0.25) is 11.8 Å². The van der Waals surface area contributed by atoms with Crippen LogP contribution in [0.15, 0.2) is 0 Å². The van der Waals surface area contributed by atoms with Crippen molar-refractivity contribution >= 4 is 17.8 Å². The van der Waals surface area contributed by atoms with Crippen LogP contribution in [0.1, 0.15) is 72.6 Å². The van der Waals surface area contributed by atoms with E-state index in [1.165, 1.54) is 0 Å². The van der Waals surface area contributed by atoms with Crippen LogP contribution < -0.4 is 5.32 Å². The third-order valence-electron chi connectivity index (χ3n) is 7.39. The van der Waals surface area contributed by atoms with Crippen LogP contribution in [-0.2, 0) is 23.9 Å². The maximum Gasteiger partial charge on any atom is 0.312 e. The van der Waals surface area contributed by atoms with E-state index in [1.54, 1.807) is 11.8 Å². The molecule has 3 rings (SSSR count). The fraction of sp³-hybridized carbons (Fsp3) is 0.870. The van der Waals surface area contributed by atoms with Crippen LogP contribution in [0.5, 0.6) is 0 Å². The van der Waals surface area contributed by atoms with Crippen LogP contribution in [0.3, 0.4) is 0 Å². The van der Waals surface area contributed by atoms with Crippen LogP contribution >= 0.6 is 0 Å². The van der Waals surface area contributed by atoms with Crippen molar-refractivity contribution in [3.63, 3.8) is 0 Å². The number of amides is 2. The van der Waals surface area contributed by atoms with Gasteiger partial charge in [-0.1, -0.05) is 20.3 Å². The Morgan fingerprint density at radius 1 is 1.29 bits per heavy atom. The van der Waals surface area contributed by atoms with Gasteiger partial charge in [0.05, 0.1) is 18.1 Å². The smallest absolute Gasteiger partial charge is 0.312 e. The van der Waals surface area contributed by atoms with Crippen molar-refractivity contribution in [2.45, 2.75) is 95.9 Å². The molecule has 6 atom stereocenters. The van der Waals surface area contributed by atoms with Crippen molar-refractivity contribution in [3.8, 4) is 0 Å². The second-order valence-corrected chi connectivity index (χ2v) is 9.25. The van der Waals surface area contributed by atoms with Crippen molar-refractivity contribution in [3.05, 3.63) is 0 Å². The minimum absolute atomic E-state index is 0.0121. The number of aliphatic hydroxyl groups is 1. The fourth-order valence-corrected chi connectivity index (χ4v) is 6.07. The quantitative estimate of drug-likeness (QED) is 0.376. The van der Waals surface area contributed by atoms with Gasteiger partial charge in [0.15, 0.2) is 0 Å². The molecule has 3 unspecified atom stereocenters. The molecule has 0 aromatic heterocycles. The van der Waals surface area contributed by atoms with Crippen LogP contribution in [0, 0.1) is 11.8 Å². The Hall–Kier alpha value is -1.67. The van der Waals surface area contributed by atoms with Gasteiger partial charge in [-0.2, -0.15) is 0 Å². The fourth-order valence-electron chi connectivity index (χ4n) is 6.07. The maximum atomic E-state index is 13.7. The molecular formula is C23H38N2O6. The molecule has 2 N–H and O–H groups in total. The minimum atomic E-state index is -1.00. The standard InChI is InChI=1S/C23H38N2O6/c1-5-10-15(4)24-19(27)18-23-12-11-22(6-2,31-23)17(21(29)30-7-3)16(23)20(28)25(18)13-8-9-14-26/h15-18,26H,5-14H2,1-4H3,(H,24,27)/t15?,16-,17-,18?,22+,23?/m0/s1. The summed E-state index contributed by atoms with van der Waals surface area (Å²) < 4.78 is 12.0. The van der Waals surface area contributed by atoms with E-state index in [1.807, 2.05) is 13.8 Å². The second-order valence-electron chi connectivity index (χ2n) is 9.25. The Labute approximate surface area is 185 Å². The monoisotopic (exact) mass is 438 g/mol. The number of carbonyl (C=O) groups excluding carboxylic acids is 3. The van der Waals surface area contributed by atoms with Crippen molar-refractivity contribution in [1.82, 2.24) is 10.2 Å². The molecule has 3 aliphatic rings. The minimum Gasteiger partial charge on any atom is -0.466 e. The van der Waals surface area contributed by atoms with Gasteiger partial charge < -0.3 is 24.8 Å². The first-order valence-corrected chi connectivity index (χ1v) is 11.9. The summed E-state index contributed by atoms with van der Waals surface area (Å²) >= 11 is 0. The van der Waals surface area contributed by atoms with Crippen LogP contribution in [0.2, 0.25) is 0 Å². The Balaban J connectivity index is 1.98. The normalized spacial score (nSPS) is 34.7. The number of nitrogens with zero attached hydrogens (tertiary/aromatic N) is 1. The Morgan fingerprint density at radius 2 is 2.03 bits per heavy atom. The molecular weight excluding hydrogens is 400 g/mol. The van der Waals surface area contributed by atoms with E-state index in [0.717, 1.165) is 12.8 Å². The number of ether oxygens (including phenoxy) is 2. The molecule has 0 aromatic rings. The number of unbranched alkanes of at least 4 members (excludes halogenated alkanes) is 1. The number of carbonyl (C=O) groups is 3. The molecule has 0 radical (unpaired) electrons. The van der Waals surface area contributed by atoms with E-state index < -0.39 is 35.0 Å². The molecule has 2 amide bonds. The highest BCUT2D eigenvalue weighted by Crippen LogP contribution is 2.64. The van der Waals surface area contributed by atoms with Gasteiger partial charge >= 0.3 is 5.97 Å². The number of esters is 1. The van der Waals surface area contributed by atoms with Crippen molar-refractivity contribution in [1.29, 1.82) is 0 Å². The number of rotatable bonds is 11. The van der Waals surface area contributed by atoms with Gasteiger partial charge in [0.1, 0.15) is 17.6 Å². The average Bonchev–Trinajstić information content (AvgIpc) is 3.32. The molecule has 3 aliphatic heterocycles. The summed E-state index contributed by atoms with van der Waals surface area (Å²) in [6.45, 7) is 8.37. The first kappa shape index (κ1) is 24.0. The summed E-state index contributed by atoms with van der Waals surface area (Å²) in [7, 11) is 0. The van der Waals surface area contributed by atoms with Gasteiger partial charge in [-0.05, 0) is 52.4 Å². The zero-order chi connectivity index (χ0) is 22.8. The lowest BCUT2D eigenvalue weighted by molar-refractivity contribution is -0.160. The van der Waals surface area contributed by atoms with E-state index >= 15 is 0 Å². The number of fused-ring (bicyclic) bond motifs is 1. The second kappa shape index (κ2) is 9.45. The number of likely N-dealkylation sites (tertiary alicyclic amines) is 1. The third-order valence-corrected chi connectivity index (χ3v) is 7.39. The Kier molecular flexibility index (Phi) is 7.31. The zero-order valence-electron chi connectivity index (χ0n) is 19.3. The van der Waals surface area contributed by atoms with E-state index in [4.69, 9.17) is 9.47 Å². The SMILES string of the molecule is CCCC(C)NC(=O)C1N(CCCCO)C(=O)[C@@H]2[C@@H](C(=O)OCC)[C@@]3(CC)CCC12O3. The highest BCUT2D eigenvalue weighted by molar-refractivity contribution is 5.98. The van der Waals surface area contributed by atoms with Crippen molar-refractivity contribution in [2.24, 2.45) is 11.8 Å². The topological polar surface area (TPSA) is 105 Å². The molecule has 1 spiro atoms. The summed E-state index contributed by atoms with van der Waals surface area (Å²) in [6, 6.07) is -0.780. The molecule has 31 heavy (non-hydrogen) atoms. The number of nitrogens with one attached hydrogen (secondary N) is 1. The van der Waals surface area contributed by atoms with Gasteiger partial charge in [0.25, 0.3) is 0 Å². The number of aliphatic hydroxyl groups excluding tert-OH is 1. The lowest BCUT2D eigenvalue weighted by atomic mass is 9.65. The van der Waals surface area contributed by atoms with Gasteiger partial charge in [-0.15, -0.1) is 0 Å². The van der Waals surface area contributed by atoms with Crippen LogP contribution in [0.4, 0.5) is 0 Å². The van der Waals surface area contributed by atoms with Gasteiger partial charge in [-0.3, -0.25) is 14.4 Å². The number of hydrogen-bond acceptors (Lipinski definition) is 6. The Bertz CT molecular complexity index is 700. The van der Waals surface area contributed by atoms with E-state index in [-0.39, 0.29) is 31.1 Å². The first-order chi connectivity index (χ1) is 14.8. The molecule has 0 saturated carbocycles. The number of hydrogen-bond donors (Lipinski definition) is 2. The maximum absolute atomic E-state index is 13.7. The van der Waals surface area contributed by atoms with E-state index in [9.17, 15) is 19.5 Å². The summed E-state index contributed by atoms with van der Waals surface area (Å²) in [5.74, 6) is -2.21. The highest BCUT2D eigenvalue weighted by Gasteiger charge is 2.78. The third kappa shape index (κ3) is 3.86. The molecule has 3 heterocycles. The van der Waals surface area contributed by atoms with Crippen molar-refractivity contribution < 1.29 is 29.0 Å². The molecule has 3 saturated heterocycles. The van der Waals surface area contributed by atoms with Crippen LogP contribution in [0.25, 0.3) is 0 Å². The highest BCUT2D eigenvalue weighted by atomic mass is 16.6. The summed E-state index contributed by atoms with van der Waals surface area (Å²) in [6.07, 6.45) is 4.72. The molecule has 0 aromatic carbocycles. The van der Waals surface area contributed by atoms with Gasteiger partial charge in [-0.25, -0.2) is 0 Å². The van der Waals surface area contributed by atoms with Crippen molar-refractivity contribution in [2.75, 3.05) is 19.8 Å².